The summed E-state index contributed by atoms with van der Waals surface area (Å²) in [5.74, 6) is 0.325. The van der Waals surface area contributed by atoms with Gasteiger partial charge in [0.1, 0.15) is 0 Å². The van der Waals surface area contributed by atoms with Crippen LogP contribution in [0.15, 0.2) is 18.3 Å². The number of pyridine rings is 1. The molecule has 1 aliphatic rings. The van der Waals surface area contributed by atoms with Crippen molar-refractivity contribution in [1.82, 2.24) is 20.1 Å². The molecule has 2 rings (SSSR count). The fraction of sp³-hybridized carbons (Fsp3) is 0.647. The Bertz CT molecular complexity index is 502. The minimum atomic E-state index is -0.478. The summed E-state index contributed by atoms with van der Waals surface area (Å²) in [5, 5.41) is 2.74. The van der Waals surface area contributed by atoms with Crippen molar-refractivity contribution < 1.29 is 9.53 Å². The van der Waals surface area contributed by atoms with Crippen LogP contribution in [-0.2, 0) is 6.54 Å². The topological polar surface area (TPSA) is 57.7 Å². The summed E-state index contributed by atoms with van der Waals surface area (Å²) >= 11 is 0. The lowest BCUT2D eigenvalue weighted by Crippen LogP contribution is -2.45. The first-order valence-corrected chi connectivity index (χ1v) is 8.25. The van der Waals surface area contributed by atoms with E-state index in [4.69, 9.17) is 4.74 Å². The van der Waals surface area contributed by atoms with Gasteiger partial charge in [-0.05, 0) is 32.9 Å². The van der Waals surface area contributed by atoms with Crippen LogP contribution >= 0.6 is 0 Å². The standard InChI is InChI=1S/C17H28N4O2/c1-5-20-8-10-21(11-9-20)13-14-6-7-15(18-12-14)23-16(22)19-17(2,3)4/h6-7,12H,5,8-11,13H2,1-4H3,(H,19,22). The van der Waals surface area contributed by atoms with Crippen LogP contribution in [0.1, 0.15) is 33.3 Å². The van der Waals surface area contributed by atoms with E-state index in [0.29, 0.717) is 5.88 Å². The third-order valence-corrected chi connectivity index (χ3v) is 3.79. The van der Waals surface area contributed by atoms with E-state index in [-0.39, 0.29) is 5.54 Å². The number of hydrogen-bond donors (Lipinski definition) is 1. The number of likely N-dealkylation sites (N-methyl/N-ethyl adjacent to an activating group) is 1. The molecule has 1 amide bonds. The van der Waals surface area contributed by atoms with Crippen molar-refractivity contribution >= 4 is 6.09 Å². The molecule has 0 bridgehead atoms. The van der Waals surface area contributed by atoms with Crippen molar-refractivity contribution in [3.05, 3.63) is 23.9 Å². The van der Waals surface area contributed by atoms with Gasteiger partial charge in [0.2, 0.25) is 5.88 Å². The largest absolute Gasteiger partial charge is 0.414 e. The molecule has 1 saturated heterocycles. The second-order valence-corrected chi connectivity index (χ2v) is 6.98. The maximum atomic E-state index is 11.7. The highest BCUT2D eigenvalue weighted by Gasteiger charge is 2.17. The molecular formula is C17H28N4O2. The molecule has 1 aromatic rings. The zero-order chi connectivity index (χ0) is 16.9. The molecule has 0 atom stereocenters. The summed E-state index contributed by atoms with van der Waals surface area (Å²) in [5.41, 5.74) is 0.816. The maximum Gasteiger partial charge on any atom is 0.414 e. The molecule has 1 fully saturated rings. The van der Waals surface area contributed by atoms with Gasteiger partial charge >= 0.3 is 6.09 Å². The zero-order valence-electron chi connectivity index (χ0n) is 14.6. The van der Waals surface area contributed by atoms with Crippen molar-refractivity contribution in [2.45, 2.75) is 39.8 Å². The summed E-state index contributed by atoms with van der Waals surface area (Å²) < 4.78 is 5.18. The Morgan fingerprint density at radius 2 is 1.87 bits per heavy atom. The molecule has 1 N–H and O–H groups in total. The number of carbonyl (C=O) groups is 1. The normalized spacial score (nSPS) is 17.0. The van der Waals surface area contributed by atoms with E-state index in [1.54, 1.807) is 12.3 Å². The highest BCUT2D eigenvalue weighted by molar-refractivity contribution is 5.70. The minimum Gasteiger partial charge on any atom is -0.391 e. The first kappa shape index (κ1) is 17.7. The molecule has 0 aliphatic carbocycles. The predicted octanol–water partition coefficient (Wildman–Crippen LogP) is 2.11. The minimum absolute atomic E-state index is 0.322. The number of ether oxygens (including phenoxy) is 1. The van der Waals surface area contributed by atoms with Gasteiger partial charge in [0.25, 0.3) is 0 Å². The molecule has 1 aromatic heterocycles. The number of aromatic nitrogens is 1. The second kappa shape index (κ2) is 7.75. The van der Waals surface area contributed by atoms with Gasteiger partial charge in [-0.3, -0.25) is 4.90 Å². The van der Waals surface area contributed by atoms with Gasteiger partial charge in [0, 0.05) is 50.5 Å². The summed E-state index contributed by atoms with van der Waals surface area (Å²) in [6.45, 7) is 14.3. The van der Waals surface area contributed by atoms with Crippen molar-refractivity contribution in [3.8, 4) is 5.88 Å². The number of piperazine rings is 1. The lowest BCUT2D eigenvalue weighted by atomic mass is 10.1. The first-order valence-electron chi connectivity index (χ1n) is 8.25. The van der Waals surface area contributed by atoms with Crippen LogP contribution in [0.25, 0.3) is 0 Å². The maximum absolute atomic E-state index is 11.7. The Labute approximate surface area is 138 Å². The lowest BCUT2D eigenvalue weighted by molar-refractivity contribution is 0.132. The Hall–Kier alpha value is -1.66. The van der Waals surface area contributed by atoms with Crippen molar-refractivity contribution in [1.29, 1.82) is 0 Å². The Kier molecular flexibility index (Phi) is 5.96. The Morgan fingerprint density at radius 1 is 1.22 bits per heavy atom. The molecule has 0 radical (unpaired) electrons. The van der Waals surface area contributed by atoms with Gasteiger partial charge < -0.3 is 15.0 Å². The van der Waals surface area contributed by atoms with Gasteiger partial charge in [-0.15, -0.1) is 0 Å². The van der Waals surface area contributed by atoms with Crippen LogP contribution in [0.5, 0.6) is 5.88 Å². The number of rotatable bonds is 4. The third-order valence-electron chi connectivity index (χ3n) is 3.79. The van der Waals surface area contributed by atoms with E-state index >= 15 is 0 Å². The molecule has 0 saturated carbocycles. The number of hydrogen-bond acceptors (Lipinski definition) is 5. The molecule has 0 unspecified atom stereocenters. The van der Waals surface area contributed by atoms with E-state index in [9.17, 15) is 4.79 Å². The number of carbonyl (C=O) groups excluding carboxylic acids is 1. The van der Waals surface area contributed by atoms with E-state index < -0.39 is 6.09 Å². The van der Waals surface area contributed by atoms with Crippen LogP contribution in [0.3, 0.4) is 0 Å². The molecular weight excluding hydrogens is 292 g/mol. The van der Waals surface area contributed by atoms with E-state index in [0.717, 1.165) is 44.8 Å². The molecule has 1 aliphatic heterocycles. The Morgan fingerprint density at radius 3 is 2.39 bits per heavy atom. The third kappa shape index (κ3) is 6.15. The summed E-state index contributed by atoms with van der Waals surface area (Å²) in [6, 6.07) is 3.72. The molecule has 6 nitrogen and oxygen atoms in total. The number of nitrogens with zero attached hydrogens (tertiary/aromatic N) is 3. The quantitative estimate of drug-likeness (QED) is 0.921. The van der Waals surface area contributed by atoms with E-state index in [1.807, 2.05) is 26.8 Å². The number of amides is 1. The van der Waals surface area contributed by atoms with Crippen LogP contribution in [0, 0.1) is 0 Å². The van der Waals surface area contributed by atoms with Crippen LogP contribution in [-0.4, -0.2) is 59.1 Å². The van der Waals surface area contributed by atoms with Gasteiger partial charge in [0.05, 0.1) is 0 Å². The van der Waals surface area contributed by atoms with Gasteiger partial charge in [-0.25, -0.2) is 9.78 Å². The van der Waals surface area contributed by atoms with Crippen molar-refractivity contribution in [2.75, 3.05) is 32.7 Å². The molecule has 128 valence electrons. The van der Waals surface area contributed by atoms with Gasteiger partial charge in [-0.2, -0.15) is 0 Å². The monoisotopic (exact) mass is 320 g/mol. The Balaban J connectivity index is 1.82. The molecule has 6 heteroatoms. The summed E-state index contributed by atoms with van der Waals surface area (Å²) in [4.78, 5) is 20.8. The average molecular weight is 320 g/mol. The zero-order valence-corrected chi connectivity index (χ0v) is 14.6. The van der Waals surface area contributed by atoms with Crippen LogP contribution < -0.4 is 10.1 Å². The van der Waals surface area contributed by atoms with Crippen molar-refractivity contribution in [2.24, 2.45) is 0 Å². The highest BCUT2D eigenvalue weighted by atomic mass is 16.6. The number of nitrogens with one attached hydrogen (secondary N) is 1. The fourth-order valence-electron chi connectivity index (χ4n) is 2.51. The van der Waals surface area contributed by atoms with Crippen LogP contribution in [0.2, 0.25) is 0 Å². The van der Waals surface area contributed by atoms with E-state index in [2.05, 4.69) is 27.0 Å². The molecule has 0 spiro atoms. The SMILES string of the molecule is CCN1CCN(Cc2ccc(OC(=O)NC(C)(C)C)nc2)CC1. The summed E-state index contributed by atoms with van der Waals surface area (Å²) in [7, 11) is 0. The summed E-state index contributed by atoms with van der Waals surface area (Å²) in [6.07, 6.45) is 1.31. The fourth-order valence-corrected chi connectivity index (χ4v) is 2.51. The first-order chi connectivity index (χ1) is 10.9. The molecule has 2 heterocycles. The second-order valence-electron chi connectivity index (χ2n) is 6.98. The van der Waals surface area contributed by atoms with E-state index in [1.165, 1.54) is 0 Å². The van der Waals surface area contributed by atoms with Gasteiger partial charge in [0.15, 0.2) is 0 Å². The average Bonchev–Trinajstić information content (AvgIpc) is 2.48. The molecule has 23 heavy (non-hydrogen) atoms. The van der Waals surface area contributed by atoms with Crippen LogP contribution in [0.4, 0.5) is 4.79 Å². The van der Waals surface area contributed by atoms with Gasteiger partial charge in [-0.1, -0.05) is 13.0 Å². The predicted molar refractivity (Wildman–Crippen MR) is 90.5 cm³/mol. The van der Waals surface area contributed by atoms with Crippen molar-refractivity contribution in [3.63, 3.8) is 0 Å². The molecule has 0 aromatic carbocycles. The highest BCUT2D eigenvalue weighted by Crippen LogP contribution is 2.12. The smallest absolute Gasteiger partial charge is 0.391 e. The lowest BCUT2D eigenvalue weighted by Gasteiger charge is -2.33.